The van der Waals surface area contributed by atoms with E-state index < -0.39 is 11.7 Å². The van der Waals surface area contributed by atoms with E-state index in [2.05, 4.69) is 10.2 Å². The van der Waals surface area contributed by atoms with Gasteiger partial charge in [-0.2, -0.15) is 0 Å². The Balaban J connectivity index is 1.67. The van der Waals surface area contributed by atoms with E-state index >= 15 is 0 Å². The first-order chi connectivity index (χ1) is 9.65. The molecule has 0 saturated carbocycles. The summed E-state index contributed by atoms with van der Waals surface area (Å²) < 4.78 is 13.6. The molecule has 108 valence electrons. The van der Waals surface area contributed by atoms with Crippen molar-refractivity contribution in [2.75, 3.05) is 13.1 Å². The van der Waals surface area contributed by atoms with Crippen molar-refractivity contribution in [1.29, 1.82) is 0 Å². The van der Waals surface area contributed by atoms with E-state index in [4.69, 9.17) is 0 Å². The van der Waals surface area contributed by atoms with Crippen molar-refractivity contribution >= 4 is 5.91 Å². The third-order valence-electron chi connectivity index (χ3n) is 4.37. The fourth-order valence-electron chi connectivity index (χ4n) is 3.35. The molecule has 0 bridgehead atoms. The number of hydrogen-bond donors (Lipinski definition) is 2. The van der Waals surface area contributed by atoms with E-state index in [1.165, 1.54) is 31.0 Å². The van der Waals surface area contributed by atoms with Gasteiger partial charge in [0.2, 0.25) is 0 Å². The Morgan fingerprint density at radius 2 is 2.20 bits per heavy atom. The van der Waals surface area contributed by atoms with Gasteiger partial charge in [0.15, 0.2) is 0 Å². The van der Waals surface area contributed by atoms with Crippen LogP contribution in [0.3, 0.4) is 0 Å². The van der Waals surface area contributed by atoms with Crippen molar-refractivity contribution in [1.82, 2.24) is 10.2 Å². The monoisotopic (exact) mass is 278 g/mol. The topological polar surface area (TPSA) is 52.6 Å². The highest BCUT2D eigenvalue weighted by atomic mass is 19.1. The lowest BCUT2D eigenvalue weighted by Crippen LogP contribution is -2.47. The second kappa shape index (κ2) is 5.40. The van der Waals surface area contributed by atoms with Gasteiger partial charge >= 0.3 is 0 Å². The number of rotatable bonds is 2. The zero-order valence-corrected chi connectivity index (χ0v) is 11.3. The van der Waals surface area contributed by atoms with E-state index in [1.54, 1.807) is 0 Å². The van der Waals surface area contributed by atoms with Gasteiger partial charge in [0.25, 0.3) is 5.91 Å². The third kappa shape index (κ3) is 2.50. The Morgan fingerprint density at radius 3 is 3.00 bits per heavy atom. The molecular formula is C15H19FN2O2. The summed E-state index contributed by atoms with van der Waals surface area (Å²) in [6.45, 7) is 2.14. The van der Waals surface area contributed by atoms with Crippen molar-refractivity contribution in [3.8, 4) is 5.75 Å². The number of hydrogen-bond acceptors (Lipinski definition) is 3. The summed E-state index contributed by atoms with van der Waals surface area (Å²) in [6, 6.07) is 4.52. The normalized spacial score (nSPS) is 26.2. The molecule has 2 aliphatic rings. The molecular weight excluding hydrogens is 259 g/mol. The molecule has 0 spiro atoms. The molecule has 3 rings (SSSR count). The van der Waals surface area contributed by atoms with E-state index in [9.17, 15) is 14.3 Å². The number of nitrogens with zero attached hydrogens (tertiary/aromatic N) is 1. The molecule has 2 saturated heterocycles. The molecule has 0 radical (unpaired) electrons. The number of amides is 1. The van der Waals surface area contributed by atoms with Gasteiger partial charge in [-0.15, -0.1) is 0 Å². The maximum absolute atomic E-state index is 13.6. The highest BCUT2D eigenvalue weighted by molar-refractivity contribution is 5.97. The third-order valence-corrected chi connectivity index (χ3v) is 4.37. The molecule has 2 aliphatic heterocycles. The molecule has 2 N–H and O–H groups in total. The van der Waals surface area contributed by atoms with Crippen molar-refractivity contribution in [3.63, 3.8) is 0 Å². The second-order valence-electron chi connectivity index (χ2n) is 5.66. The van der Waals surface area contributed by atoms with Crippen LogP contribution in [0.15, 0.2) is 18.2 Å². The standard InChI is InChI=1S/C15H19FN2O2/c16-12-4-1-5-13(19)14(12)15(20)17-10-6-8-18-7-2-3-11(18)9-10/h1,4-5,10-11,19H,2-3,6-9H2,(H,17,20). The van der Waals surface area contributed by atoms with Gasteiger partial charge in [-0.3, -0.25) is 4.79 Å². The fraction of sp³-hybridized carbons (Fsp3) is 0.533. The van der Waals surface area contributed by atoms with Crippen LogP contribution in [0.1, 0.15) is 36.0 Å². The Morgan fingerprint density at radius 1 is 1.35 bits per heavy atom. The predicted molar refractivity (Wildman–Crippen MR) is 73.1 cm³/mol. The first-order valence-electron chi connectivity index (χ1n) is 7.17. The van der Waals surface area contributed by atoms with Crippen LogP contribution in [0, 0.1) is 5.82 Å². The van der Waals surface area contributed by atoms with Gasteiger partial charge in [0.05, 0.1) is 0 Å². The first kappa shape index (κ1) is 13.4. The zero-order valence-electron chi connectivity index (χ0n) is 11.3. The van der Waals surface area contributed by atoms with E-state index in [0.29, 0.717) is 6.04 Å². The van der Waals surface area contributed by atoms with Gasteiger partial charge in [-0.1, -0.05) is 6.07 Å². The van der Waals surface area contributed by atoms with Crippen molar-refractivity contribution in [2.24, 2.45) is 0 Å². The van der Waals surface area contributed by atoms with Crippen molar-refractivity contribution < 1.29 is 14.3 Å². The summed E-state index contributed by atoms with van der Waals surface area (Å²) >= 11 is 0. The lowest BCUT2D eigenvalue weighted by atomic mass is 9.97. The Bertz CT molecular complexity index is 500. The maximum Gasteiger partial charge on any atom is 0.258 e. The fourth-order valence-corrected chi connectivity index (χ4v) is 3.35. The molecule has 4 nitrogen and oxygen atoms in total. The highest BCUT2D eigenvalue weighted by Crippen LogP contribution is 2.27. The van der Waals surface area contributed by atoms with Crippen LogP contribution in [0.5, 0.6) is 5.75 Å². The summed E-state index contributed by atoms with van der Waals surface area (Å²) in [4.78, 5) is 14.6. The van der Waals surface area contributed by atoms with Crippen LogP contribution < -0.4 is 5.32 Å². The van der Waals surface area contributed by atoms with Crippen LogP contribution in [0.4, 0.5) is 4.39 Å². The minimum atomic E-state index is -0.680. The number of aromatic hydroxyl groups is 1. The number of piperidine rings is 1. The van der Waals surface area contributed by atoms with E-state index in [1.807, 2.05) is 0 Å². The number of carbonyl (C=O) groups excluding carboxylic acids is 1. The number of fused-ring (bicyclic) bond motifs is 1. The molecule has 2 heterocycles. The minimum Gasteiger partial charge on any atom is -0.507 e. The zero-order chi connectivity index (χ0) is 14.1. The van der Waals surface area contributed by atoms with Gasteiger partial charge in [-0.25, -0.2) is 4.39 Å². The molecule has 0 aliphatic carbocycles. The van der Waals surface area contributed by atoms with Gasteiger partial charge in [0.1, 0.15) is 17.1 Å². The highest BCUT2D eigenvalue weighted by Gasteiger charge is 2.32. The van der Waals surface area contributed by atoms with Crippen LogP contribution in [-0.2, 0) is 0 Å². The van der Waals surface area contributed by atoms with Crippen LogP contribution >= 0.6 is 0 Å². The molecule has 1 amide bonds. The summed E-state index contributed by atoms with van der Waals surface area (Å²) in [5, 5.41) is 12.5. The van der Waals surface area contributed by atoms with Crippen molar-refractivity contribution in [3.05, 3.63) is 29.6 Å². The maximum atomic E-state index is 13.6. The first-order valence-corrected chi connectivity index (χ1v) is 7.17. The lowest BCUT2D eigenvalue weighted by Gasteiger charge is -2.35. The van der Waals surface area contributed by atoms with Crippen LogP contribution in [0.2, 0.25) is 0 Å². The number of phenolic OH excluding ortho intramolecular Hbond substituents is 1. The minimum absolute atomic E-state index is 0.0702. The summed E-state index contributed by atoms with van der Waals surface area (Å²) in [5.74, 6) is -1.50. The van der Waals surface area contributed by atoms with Gasteiger partial charge in [0, 0.05) is 18.6 Å². The SMILES string of the molecule is O=C(NC1CCN2CCCC2C1)c1c(O)cccc1F. The average molecular weight is 278 g/mol. The molecule has 2 atom stereocenters. The largest absolute Gasteiger partial charge is 0.507 e. The summed E-state index contributed by atoms with van der Waals surface area (Å²) in [5.41, 5.74) is -0.249. The number of carbonyl (C=O) groups is 1. The molecule has 1 aromatic carbocycles. The van der Waals surface area contributed by atoms with Gasteiger partial charge < -0.3 is 15.3 Å². The molecule has 2 unspecified atom stereocenters. The van der Waals surface area contributed by atoms with E-state index in [-0.39, 0.29) is 17.4 Å². The second-order valence-corrected chi connectivity index (χ2v) is 5.66. The Kier molecular flexibility index (Phi) is 3.61. The molecule has 5 heteroatoms. The van der Waals surface area contributed by atoms with Crippen molar-refractivity contribution in [2.45, 2.75) is 37.8 Å². The number of benzene rings is 1. The lowest BCUT2D eigenvalue weighted by molar-refractivity contribution is 0.0889. The molecule has 1 aromatic rings. The summed E-state index contributed by atoms with van der Waals surface area (Å²) in [7, 11) is 0. The molecule has 2 fully saturated rings. The number of phenols is 1. The Hall–Kier alpha value is -1.62. The molecule has 20 heavy (non-hydrogen) atoms. The average Bonchev–Trinajstić information content (AvgIpc) is 2.85. The Labute approximate surface area is 117 Å². The number of nitrogens with one attached hydrogen (secondary N) is 1. The molecule has 0 aromatic heterocycles. The quantitative estimate of drug-likeness (QED) is 0.868. The van der Waals surface area contributed by atoms with Crippen LogP contribution in [-0.4, -0.2) is 41.1 Å². The predicted octanol–water partition coefficient (Wildman–Crippen LogP) is 1.89. The van der Waals surface area contributed by atoms with Crippen LogP contribution in [0.25, 0.3) is 0 Å². The smallest absolute Gasteiger partial charge is 0.258 e. The summed E-state index contributed by atoms with van der Waals surface area (Å²) in [6.07, 6.45) is 4.20. The van der Waals surface area contributed by atoms with E-state index in [0.717, 1.165) is 25.9 Å². The number of halogens is 1. The van der Waals surface area contributed by atoms with Gasteiger partial charge in [-0.05, 0) is 44.4 Å².